The highest BCUT2D eigenvalue weighted by Gasteiger charge is 2.25. The van der Waals surface area contributed by atoms with E-state index in [2.05, 4.69) is 5.32 Å². The number of carbonyl (C=O) groups is 2. The largest absolute Gasteiger partial charge is 0.505 e. The molecule has 1 aliphatic rings. The van der Waals surface area contributed by atoms with Crippen molar-refractivity contribution in [2.24, 2.45) is 0 Å². The summed E-state index contributed by atoms with van der Waals surface area (Å²) in [5, 5.41) is 12.2. The minimum absolute atomic E-state index is 0.0197. The summed E-state index contributed by atoms with van der Waals surface area (Å²) in [6.07, 6.45) is 0.969. The van der Waals surface area contributed by atoms with Gasteiger partial charge in [0, 0.05) is 19.1 Å². The quantitative estimate of drug-likeness (QED) is 0.876. The van der Waals surface area contributed by atoms with E-state index in [0.717, 1.165) is 6.07 Å². The van der Waals surface area contributed by atoms with Gasteiger partial charge in [0.05, 0.1) is 6.42 Å². The molecule has 0 unspecified atom stereocenters. The highest BCUT2D eigenvalue weighted by atomic mass is 19.1. The predicted octanol–water partition coefficient (Wildman–Crippen LogP) is 2.59. The van der Waals surface area contributed by atoms with E-state index in [1.54, 1.807) is 25.7 Å². The second kappa shape index (κ2) is 7.72. The number of rotatable bonds is 3. The fraction of sp³-hybridized carbons (Fsp3) is 0.556. The van der Waals surface area contributed by atoms with Gasteiger partial charge in [-0.2, -0.15) is 0 Å². The van der Waals surface area contributed by atoms with E-state index in [1.165, 1.54) is 12.1 Å². The average Bonchev–Trinajstić information content (AvgIpc) is 2.49. The number of benzene rings is 1. The molecule has 25 heavy (non-hydrogen) atoms. The molecule has 0 saturated carbocycles. The molecule has 0 radical (unpaired) electrons. The van der Waals surface area contributed by atoms with Crippen molar-refractivity contribution < 1.29 is 23.8 Å². The normalized spacial score (nSPS) is 15.8. The number of piperidine rings is 1. The van der Waals surface area contributed by atoms with Crippen molar-refractivity contribution in [1.29, 1.82) is 0 Å². The lowest BCUT2D eigenvalue weighted by Crippen LogP contribution is -2.47. The maximum Gasteiger partial charge on any atom is 0.407 e. The second-order valence-electron chi connectivity index (χ2n) is 7.26. The first kappa shape index (κ1) is 19.0. The zero-order chi connectivity index (χ0) is 18.6. The van der Waals surface area contributed by atoms with Gasteiger partial charge in [0.2, 0.25) is 5.91 Å². The number of phenolic OH excluding ortho intramolecular Hbond substituents is 1. The molecule has 1 aliphatic heterocycles. The number of hydrogen-bond donors (Lipinski definition) is 2. The highest BCUT2D eigenvalue weighted by molar-refractivity contribution is 5.79. The SMILES string of the molecule is CC(C)(C)OC(=O)NC1CCN(C(=O)Cc2ccc(F)c(O)c2)CC1. The summed E-state index contributed by atoms with van der Waals surface area (Å²) < 4.78 is 18.3. The van der Waals surface area contributed by atoms with Gasteiger partial charge in [-0.25, -0.2) is 9.18 Å². The molecule has 2 rings (SSSR count). The van der Waals surface area contributed by atoms with Crippen LogP contribution in [0.4, 0.5) is 9.18 Å². The van der Waals surface area contributed by atoms with Crippen LogP contribution in [0, 0.1) is 5.82 Å². The predicted molar refractivity (Wildman–Crippen MR) is 90.7 cm³/mol. The Labute approximate surface area is 147 Å². The Bertz CT molecular complexity index is 634. The Morgan fingerprint density at radius 2 is 1.96 bits per heavy atom. The fourth-order valence-corrected chi connectivity index (χ4v) is 2.70. The van der Waals surface area contributed by atoms with Crippen LogP contribution in [-0.2, 0) is 16.0 Å². The molecule has 6 nitrogen and oxygen atoms in total. The molecule has 138 valence electrons. The number of likely N-dealkylation sites (tertiary alicyclic amines) is 1. The van der Waals surface area contributed by atoms with Crippen LogP contribution in [0.3, 0.4) is 0 Å². The second-order valence-corrected chi connectivity index (χ2v) is 7.26. The van der Waals surface area contributed by atoms with Gasteiger partial charge in [-0.15, -0.1) is 0 Å². The number of halogens is 1. The molecule has 1 fully saturated rings. The van der Waals surface area contributed by atoms with E-state index in [4.69, 9.17) is 4.74 Å². The molecule has 1 aromatic rings. The van der Waals surface area contributed by atoms with Gasteiger partial charge in [0.1, 0.15) is 5.60 Å². The Morgan fingerprint density at radius 1 is 1.32 bits per heavy atom. The van der Waals surface area contributed by atoms with E-state index >= 15 is 0 Å². The average molecular weight is 352 g/mol. The van der Waals surface area contributed by atoms with E-state index in [9.17, 15) is 19.1 Å². The third-order valence-corrected chi connectivity index (χ3v) is 3.93. The van der Waals surface area contributed by atoms with Gasteiger partial charge in [0.15, 0.2) is 11.6 Å². The minimum Gasteiger partial charge on any atom is -0.505 e. The lowest BCUT2D eigenvalue weighted by atomic mass is 10.0. The number of nitrogens with zero attached hydrogens (tertiary/aromatic N) is 1. The van der Waals surface area contributed by atoms with Crippen molar-refractivity contribution >= 4 is 12.0 Å². The number of alkyl carbamates (subject to hydrolysis) is 1. The fourth-order valence-electron chi connectivity index (χ4n) is 2.70. The third-order valence-electron chi connectivity index (χ3n) is 3.93. The van der Waals surface area contributed by atoms with Crippen molar-refractivity contribution in [3.8, 4) is 5.75 Å². The Kier molecular flexibility index (Phi) is 5.87. The number of aromatic hydroxyl groups is 1. The Morgan fingerprint density at radius 3 is 2.52 bits per heavy atom. The number of hydrogen-bond acceptors (Lipinski definition) is 4. The summed E-state index contributed by atoms with van der Waals surface area (Å²) in [6.45, 7) is 6.49. The summed E-state index contributed by atoms with van der Waals surface area (Å²) in [6, 6.07) is 3.89. The standard InChI is InChI=1S/C18H25FN2O4/c1-18(2,3)25-17(24)20-13-6-8-21(9-7-13)16(23)11-12-4-5-14(19)15(22)10-12/h4-5,10,13,22H,6-9,11H2,1-3H3,(H,20,24). The van der Waals surface area contributed by atoms with Crippen molar-refractivity contribution in [1.82, 2.24) is 10.2 Å². The molecule has 0 spiro atoms. The number of phenols is 1. The van der Waals surface area contributed by atoms with Crippen LogP contribution in [0.2, 0.25) is 0 Å². The topological polar surface area (TPSA) is 78.9 Å². The molecule has 1 aromatic carbocycles. The van der Waals surface area contributed by atoms with Gasteiger partial charge >= 0.3 is 6.09 Å². The number of carbonyl (C=O) groups excluding carboxylic acids is 2. The van der Waals surface area contributed by atoms with Gasteiger partial charge in [-0.05, 0) is 51.3 Å². The molecular weight excluding hydrogens is 327 g/mol. The first-order chi connectivity index (χ1) is 11.6. The zero-order valence-electron chi connectivity index (χ0n) is 14.8. The Balaban J connectivity index is 1.80. The summed E-state index contributed by atoms with van der Waals surface area (Å²) in [5.74, 6) is -1.24. The number of amides is 2. The molecule has 7 heteroatoms. The maximum atomic E-state index is 13.1. The minimum atomic E-state index is -0.703. The first-order valence-corrected chi connectivity index (χ1v) is 8.39. The summed E-state index contributed by atoms with van der Waals surface area (Å²) in [5.41, 5.74) is 0.0273. The number of nitrogens with one attached hydrogen (secondary N) is 1. The van der Waals surface area contributed by atoms with Gasteiger partial charge in [0.25, 0.3) is 0 Å². The number of ether oxygens (including phenoxy) is 1. The first-order valence-electron chi connectivity index (χ1n) is 8.39. The van der Waals surface area contributed by atoms with Gasteiger partial charge < -0.3 is 20.1 Å². The van der Waals surface area contributed by atoms with Crippen LogP contribution < -0.4 is 5.32 Å². The van der Waals surface area contributed by atoms with Crippen LogP contribution in [-0.4, -0.2) is 46.7 Å². The summed E-state index contributed by atoms with van der Waals surface area (Å²) >= 11 is 0. The maximum absolute atomic E-state index is 13.1. The van der Waals surface area contributed by atoms with Gasteiger partial charge in [-0.3, -0.25) is 4.79 Å². The molecule has 0 aromatic heterocycles. The monoisotopic (exact) mass is 352 g/mol. The lowest BCUT2D eigenvalue weighted by Gasteiger charge is -2.33. The van der Waals surface area contributed by atoms with Crippen LogP contribution >= 0.6 is 0 Å². The van der Waals surface area contributed by atoms with Crippen molar-refractivity contribution in [3.05, 3.63) is 29.6 Å². The van der Waals surface area contributed by atoms with Crippen LogP contribution in [0.5, 0.6) is 5.75 Å². The van der Waals surface area contributed by atoms with E-state index < -0.39 is 23.3 Å². The molecular formula is C18H25FN2O4. The van der Waals surface area contributed by atoms with Gasteiger partial charge in [-0.1, -0.05) is 6.07 Å². The van der Waals surface area contributed by atoms with Crippen molar-refractivity contribution in [2.75, 3.05) is 13.1 Å². The summed E-state index contributed by atoms with van der Waals surface area (Å²) in [4.78, 5) is 25.8. The molecule has 0 aliphatic carbocycles. The van der Waals surface area contributed by atoms with E-state index in [-0.39, 0.29) is 18.4 Å². The highest BCUT2D eigenvalue weighted by Crippen LogP contribution is 2.19. The molecule has 0 atom stereocenters. The molecule has 2 N–H and O–H groups in total. The Hall–Kier alpha value is -2.31. The van der Waals surface area contributed by atoms with Crippen LogP contribution in [0.25, 0.3) is 0 Å². The molecule has 1 saturated heterocycles. The molecule has 1 heterocycles. The van der Waals surface area contributed by atoms with E-state index in [0.29, 0.717) is 31.5 Å². The third kappa shape index (κ3) is 5.92. The molecule has 2 amide bonds. The lowest BCUT2D eigenvalue weighted by molar-refractivity contribution is -0.131. The zero-order valence-corrected chi connectivity index (χ0v) is 14.8. The van der Waals surface area contributed by atoms with E-state index in [1.807, 2.05) is 0 Å². The van der Waals surface area contributed by atoms with Crippen LogP contribution in [0.15, 0.2) is 18.2 Å². The smallest absolute Gasteiger partial charge is 0.407 e. The summed E-state index contributed by atoms with van der Waals surface area (Å²) in [7, 11) is 0. The molecule has 0 bridgehead atoms. The van der Waals surface area contributed by atoms with Crippen LogP contribution in [0.1, 0.15) is 39.2 Å². The van der Waals surface area contributed by atoms with Crippen molar-refractivity contribution in [3.63, 3.8) is 0 Å². The van der Waals surface area contributed by atoms with Crippen molar-refractivity contribution in [2.45, 2.75) is 51.7 Å².